The number of thiophene rings is 1. The number of nitrogen functional groups attached to an aromatic ring is 1. The van der Waals surface area contributed by atoms with Crippen molar-refractivity contribution >= 4 is 43.0 Å². The summed E-state index contributed by atoms with van der Waals surface area (Å²) in [6.45, 7) is 0. The Bertz CT molecular complexity index is 452. The fourth-order valence-electron chi connectivity index (χ4n) is 1.26. The first-order chi connectivity index (χ1) is 6.22. The van der Waals surface area contributed by atoms with E-state index in [-0.39, 0.29) is 0 Å². The lowest BCUT2D eigenvalue weighted by atomic mass is 10.2. The number of ether oxygens (including phenoxy) is 1. The van der Waals surface area contributed by atoms with Crippen LogP contribution in [0, 0.1) is 0 Å². The number of halogens is 1. The molecule has 0 unspecified atom stereocenters. The van der Waals surface area contributed by atoms with Gasteiger partial charge in [-0.15, -0.1) is 11.3 Å². The Labute approximate surface area is 88.4 Å². The van der Waals surface area contributed by atoms with E-state index in [1.165, 1.54) is 0 Å². The van der Waals surface area contributed by atoms with E-state index in [2.05, 4.69) is 15.9 Å². The van der Waals surface area contributed by atoms with Crippen LogP contribution in [0.4, 0.5) is 5.69 Å². The summed E-state index contributed by atoms with van der Waals surface area (Å²) < 4.78 is 7.36. The molecule has 0 saturated heterocycles. The summed E-state index contributed by atoms with van der Waals surface area (Å²) in [6.07, 6.45) is 0. The molecule has 0 aliphatic rings. The van der Waals surface area contributed by atoms with E-state index in [0.717, 1.165) is 26.0 Å². The van der Waals surface area contributed by atoms with Crippen LogP contribution >= 0.6 is 27.3 Å². The number of hydrogen-bond donors (Lipinski definition) is 1. The van der Waals surface area contributed by atoms with Gasteiger partial charge in [0, 0.05) is 25.6 Å². The van der Waals surface area contributed by atoms with Gasteiger partial charge in [0.25, 0.3) is 0 Å². The van der Waals surface area contributed by atoms with Gasteiger partial charge < -0.3 is 10.5 Å². The minimum absolute atomic E-state index is 0.767. The normalized spacial score (nSPS) is 10.6. The monoisotopic (exact) mass is 257 g/mol. The van der Waals surface area contributed by atoms with E-state index in [9.17, 15) is 0 Å². The topological polar surface area (TPSA) is 35.2 Å². The molecule has 68 valence electrons. The van der Waals surface area contributed by atoms with E-state index in [0.29, 0.717) is 0 Å². The molecule has 2 rings (SSSR count). The van der Waals surface area contributed by atoms with Crippen LogP contribution in [-0.4, -0.2) is 7.11 Å². The van der Waals surface area contributed by atoms with Crippen molar-refractivity contribution < 1.29 is 4.74 Å². The fourth-order valence-corrected chi connectivity index (χ4v) is 3.04. The lowest BCUT2D eigenvalue weighted by Crippen LogP contribution is -1.85. The molecule has 0 saturated carbocycles. The summed E-state index contributed by atoms with van der Waals surface area (Å²) in [4.78, 5) is 0. The molecule has 0 spiro atoms. The molecular weight excluding hydrogens is 250 g/mol. The van der Waals surface area contributed by atoms with Gasteiger partial charge in [-0.3, -0.25) is 0 Å². The maximum Gasteiger partial charge on any atom is 0.138 e. The second kappa shape index (κ2) is 3.20. The second-order valence-corrected chi connectivity index (χ2v) is 4.45. The summed E-state index contributed by atoms with van der Waals surface area (Å²) in [5.74, 6) is 0.895. The molecule has 4 heteroatoms. The summed E-state index contributed by atoms with van der Waals surface area (Å²) in [6, 6.07) is 3.84. The maximum absolute atomic E-state index is 5.71. The minimum Gasteiger partial charge on any atom is -0.495 e. The van der Waals surface area contributed by atoms with Gasteiger partial charge in [0.15, 0.2) is 0 Å². The first-order valence-corrected chi connectivity index (χ1v) is 5.40. The van der Waals surface area contributed by atoms with Gasteiger partial charge in [-0.1, -0.05) is 0 Å². The number of nitrogens with two attached hydrogens (primary N) is 1. The van der Waals surface area contributed by atoms with Crippen molar-refractivity contribution in [1.82, 2.24) is 0 Å². The smallest absolute Gasteiger partial charge is 0.138 e. The molecule has 0 aliphatic carbocycles. The first-order valence-electron chi connectivity index (χ1n) is 3.72. The molecule has 1 heterocycles. The van der Waals surface area contributed by atoms with Crippen molar-refractivity contribution in [1.29, 1.82) is 0 Å². The van der Waals surface area contributed by atoms with E-state index >= 15 is 0 Å². The van der Waals surface area contributed by atoms with Gasteiger partial charge in [-0.2, -0.15) is 0 Å². The van der Waals surface area contributed by atoms with Gasteiger partial charge in [0.1, 0.15) is 5.75 Å². The van der Waals surface area contributed by atoms with Gasteiger partial charge in [-0.05, 0) is 28.1 Å². The Morgan fingerprint density at radius 2 is 2.23 bits per heavy atom. The first kappa shape index (κ1) is 8.84. The third-order valence-electron chi connectivity index (χ3n) is 1.84. The highest BCUT2D eigenvalue weighted by molar-refractivity contribution is 9.10. The molecule has 0 radical (unpaired) electrons. The highest BCUT2D eigenvalue weighted by Gasteiger charge is 2.08. The molecule has 0 aliphatic heterocycles. The van der Waals surface area contributed by atoms with Crippen molar-refractivity contribution in [3.63, 3.8) is 0 Å². The fraction of sp³-hybridized carbons (Fsp3) is 0.111. The SMILES string of the molecule is COc1csc2cc(N)cc(Br)c12. The summed E-state index contributed by atoms with van der Waals surface area (Å²) in [7, 11) is 1.67. The van der Waals surface area contributed by atoms with E-state index in [4.69, 9.17) is 10.5 Å². The predicted octanol–water partition coefficient (Wildman–Crippen LogP) is 3.25. The summed E-state index contributed by atoms with van der Waals surface area (Å²) >= 11 is 5.10. The number of benzene rings is 1. The van der Waals surface area contributed by atoms with E-state index < -0.39 is 0 Å². The molecule has 0 bridgehead atoms. The van der Waals surface area contributed by atoms with Crippen LogP contribution in [0.2, 0.25) is 0 Å². The van der Waals surface area contributed by atoms with Crippen molar-refractivity contribution in [3.05, 3.63) is 22.0 Å². The third-order valence-corrected chi connectivity index (χ3v) is 3.37. The van der Waals surface area contributed by atoms with Crippen LogP contribution in [0.3, 0.4) is 0 Å². The molecule has 0 amide bonds. The lowest BCUT2D eigenvalue weighted by Gasteiger charge is -2.00. The molecule has 2 nitrogen and oxygen atoms in total. The molecule has 2 aromatic rings. The van der Waals surface area contributed by atoms with Crippen molar-refractivity contribution in [2.45, 2.75) is 0 Å². The van der Waals surface area contributed by atoms with Crippen LogP contribution in [0.1, 0.15) is 0 Å². The van der Waals surface area contributed by atoms with Crippen molar-refractivity contribution in [3.8, 4) is 5.75 Å². The average molecular weight is 258 g/mol. The number of fused-ring (bicyclic) bond motifs is 1. The third kappa shape index (κ3) is 1.40. The second-order valence-electron chi connectivity index (χ2n) is 2.68. The minimum atomic E-state index is 0.767. The van der Waals surface area contributed by atoms with Gasteiger partial charge in [0.05, 0.1) is 7.11 Å². The molecule has 13 heavy (non-hydrogen) atoms. The molecule has 0 fully saturated rings. The van der Waals surface area contributed by atoms with Crippen LogP contribution in [-0.2, 0) is 0 Å². The van der Waals surface area contributed by atoms with E-state index in [1.54, 1.807) is 18.4 Å². The van der Waals surface area contributed by atoms with Gasteiger partial charge >= 0.3 is 0 Å². The highest BCUT2D eigenvalue weighted by Crippen LogP contribution is 2.38. The van der Waals surface area contributed by atoms with Gasteiger partial charge in [-0.25, -0.2) is 0 Å². The predicted molar refractivity (Wildman–Crippen MR) is 60.5 cm³/mol. The van der Waals surface area contributed by atoms with Crippen LogP contribution in [0.15, 0.2) is 22.0 Å². The standard InChI is InChI=1S/C9H8BrNOS/c1-12-7-4-13-8-3-5(11)2-6(10)9(7)8/h2-4H,11H2,1H3. The quantitative estimate of drug-likeness (QED) is 0.797. The summed E-state index contributed by atoms with van der Waals surface area (Å²) in [5, 5.41) is 3.08. The summed E-state index contributed by atoms with van der Waals surface area (Å²) in [5.41, 5.74) is 6.48. The van der Waals surface area contributed by atoms with Crippen LogP contribution < -0.4 is 10.5 Å². The van der Waals surface area contributed by atoms with Crippen LogP contribution in [0.25, 0.3) is 10.1 Å². The Morgan fingerprint density at radius 1 is 1.46 bits per heavy atom. The number of rotatable bonds is 1. The lowest BCUT2D eigenvalue weighted by molar-refractivity contribution is 0.421. The average Bonchev–Trinajstić information content (AvgIpc) is 2.47. The molecule has 1 aromatic carbocycles. The molecular formula is C9H8BrNOS. The Kier molecular flexibility index (Phi) is 2.17. The zero-order chi connectivity index (χ0) is 9.42. The Balaban J connectivity index is 2.82. The molecule has 0 atom stereocenters. The number of hydrogen-bond acceptors (Lipinski definition) is 3. The van der Waals surface area contributed by atoms with Crippen molar-refractivity contribution in [2.75, 3.05) is 12.8 Å². The van der Waals surface area contributed by atoms with Crippen molar-refractivity contribution in [2.24, 2.45) is 0 Å². The Morgan fingerprint density at radius 3 is 2.92 bits per heavy atom. The van der Waals surface area contributed by atoms with E-state index in [1.807, 2.05) is 17.5 Å². The van der Waals surface area contributed by atoms with Crippen LogP contribution in [0.5, 0.6) is 5.75 Å². The zero-order valence-corrected chi connectivity index (χ0v) is 9.41. The maximum atomic E-state index is 5.71. The Hall–Kier alpha value is -0.740. The van der Waals surface area contributed by atoms with Gasteiger partial charge in [0.2, 0.25) is 0 Å². The molecule has 1 aromatic heterocycles. The molecule has 2 N–H and O–H groups in total. The highest BCUT2D eigenvalue weighted by atomic mass is 79.9. The zero-order valence-electron chi connectivity index (χ0n) is 7.00. The number of methoxy groups -OCH3 is 1. The largest absolute Gasteiger partial charge is 0.495 e. The number of anilines is 1.